The Bertz CT molecular complexity index is 1220. The summed E-state index contributed by atoms with van der Waals surface area (Å²) < 4.78 is 10.9. The van der Waals surface area contributed by atoms with Crippen LogP contribution in [0.15, 0.2) is 72.8 Å². The van der Waals surface area contributed by atoms with Gasteiger partial charge in [-0.25, -0.2) is 0 Å². The number of halogens is 1. The Hall–Kier alpha value is -3.51. The number of nitrogens with one attached hydrogen (secondary N) is 1. The molecule has 2 amide bonds. The predicted molar refractivity (Wildman–Crippen MR) is 145 cm³/mol. The number of carbonyl (C=O) groups is 2. The summed E-state index contributed by atoms with van der Waals surface area (Å²) in [5, 5.41) is 3.71. The van der Waals surface area contributed by atoms with Crippen LogP contribution in [0.3, 0.4) is 0 Å². The molecule has 4 rings (SSSR count). The first kappa shape index (κ1) is 26.6. The molecule has 3 aromatic rings. The number of carbonyl (C=O) groups excluding carboxylic acids is 2. The zero-order valence-electron chi connectivity index (χ0n) is 21.5. The molecule has 6 nitrogen and oxygen atoms in total. The average molecular weight is 521 g/mol. The minimum atomic E-state index is -0.679. The second-order valence-electron chi connectivity index (χ2n) is 10.3. The molecule has 0 radical (unpaired) electrons. The summed E-state index contributed by atoms with van der Waals surface area (Å²) in [7, 11) is 0. The highest BCUT2D eigenvalue weighted by molar-refractivity contribution is 6.30. The van der Waals surface area contributed by atoms with E-state index >= 15 is 0 Å². The Kier molecular flexibility index (Phi) is 8.39. The molecule has 0 aromatic heterocycles. The lowest BCUT2D eigenvalue weighted by molar-refractivity contribution is -0.141. The number of ether oxygens (including phenoxy) is 2. The van der Waals surface area contributed by atoms with E-state index in [4.69, 9.17) is 21.1 Å². The van der Waals surface area contributed by atoms with Crippen molar-refractivity contribution in [1.82, 2.24) is 10.2 Å². The van der Waals surface area contributed by atoms with Crippen molar-refractivity contribution in [1.29, 1.82) is 0 Å². The summed E-state index contributed by atoms with van der Waals surface area (Å²) >= 11 is 6.10. The number of nitrogens with zero attached hydrogens (tertiary/aromatic N) is 1. The van der Waals surface area contributed by atoms with Gasteiger partial charge in [-0.3, -0.25) is 9.59 Å². The van der Waals surface area contributed by atoms with E-state index in [-0.39, 0.29) is 25.0 Å². The van der Waals surface area contributed by atoms with Gasteiger partial charge in [0.2, 0.25) is 18.6 Å². The molecule has 1 N–H and O–H groups in total. The maximum absolute atomic E-state index is 13.8. The molecule has 1 heterocycles. The molecule has 3 aromatic carbocycles. The smallest absolute Gasteiger partial charge is 0.243 e. The van der Waals surface area contributed by atoms with Gasteiger partial charge in [-0.2, -0.15) is 0 Å². The van der Waals surface area contributed by atoms with Crippen LogP contribution in [-0.2, 0) is 29.0 Å². The Morgan fingerprint density at radius 1 is 0.919 bits per heavy atom. The van der Waals surface area contributed by atoms with Gasteiger partial charge < -0.3 is 19.7 Å². The third kappa shape index (κ3) is 7.49. The first-order chi connectivity index (χ1) is 17.7. The molecular weight excluding hydrogens is 488 g/mol. The van der Waals surface area contributed by atoms with E-state index in [0.29, 0.717) is 35.9 Å². The molecular formula is C30H33ClN2O4. The largest absolute Gasteiger partial charge is 0.454 e. The van der Waals surface area contributed by atoms with Crippen LogP contribution in [0.5, 0.6) is 11.5 Å². The van der Waals surface area contributed by atoms with Crippen LogP contribution in [0.25, 0.3) is 0 Å². The first-order valence-electron chi connectivity index (χ1n) is 12.5. The second kappa shape index (κ2) is 11.7. The second-order valence-corrected chi connectivity index (χ2v) is 10.7. The number of rotatable bonds is 9. The average Bonchev–Trinajstić information content (AvgIpc) is 3.33. The molecule has 0 spiro atoms. The minimum absolute atomic E-state index is 0.0994. The van der Waals surface area contributed by atoms with E-state index in [9.17, 15) is 9.59 Å². The molecule has 0 saturated carbocycles. The van der Waals surface area contributed by atoms with Crippen molar-refractivity contribution >= 4 is 23.4 Å². The van der Waals surface area contributed by atoms with Crippen LogP contribution in [0.2, 0.25) is 5.02 Å². The third-order valence-electron chi connectivity index (χ3n) is 6.10. The molecule has 1 aliphatic rings. The van der Waals surface area contributed by atoms with Gasteiger partial charge in [0.05, 0.1) is 0 Å². The first-order valence-corrected chi connectivity index (χ1v) is 12.8. The highest BCUT2D eigenvalue weighted by atomic mass is 35.5. The van der Waals surface area contributed by atoms with Crippen molar-refractivity contribution in [2.75, 3.05) is 6.79 Å². The molecule has 0 bridgehead atoms. The maximum atomic E-state index is 13.8. The van der Waals surface area contributed by atoms with Crippen LogP contribution in [0.1, 0.15) is 43.9 Å². The Morgan fingerprint density at radius 2 is 1.59 bits per heavy atom. The quantitative estimate of drug-likeness (QED) is 0.401. The molecule has 7 heteroatoms. The normalized spacial score (nSPS) is 13.2. The molecule has 37 heavy (non-hydrogen) atoms. The number of hydrogen-bond acceptors (Lipinski definition) is 4. The van der Waals surface area contributed by atoms with Gasteiger partial charge in [-0.15, -0.1) is 0 Å². The van der Waals surface area contributed by atoms with Gasteiger partial charge in [0.1, 0.15) is 6.04 Å². The summed E-state index contributed by atoms with van der Waals surface area (Å²) in [6.45, 7) is 6.32. The number of amides is 2. The predicted octanol–water partition coefficient (Wildman–Crippen LogP) is 5.56. The summed E-state index contributed by atoms with van der Waals surface area (Å²) in [6.07, 6.45) is 1.18. The highest BCUT2D eigenvalue weighted by Crippen LogP contribution is 2.33. The number of fused-ring (bicyclic) bond motifs is 1. The molecule has 1 atom stereocenters. The Labute approximate surface area is 223 Å². The van der Waals surface area contributed by atoms with E-state index in [2.05, 4.69) is 5.32 Å². The van der Waals surface area contributed by atoms with E-state index < -0.39 is 11.6 Å². The minimum Gasteiger partial charge on any atom is -0.454 e. The molecule has 0 fully saturated rings. The van der Waals surface area contributed by atoms with Gasteiger partial charge >= 0.3 is 0 Å². The Balaban J connectivity index is 1.60. The van der Waals surface area contributed by atoms with E-state index in [0.717, 1.165) is 16.7 Å². The fourth-order valence-electron chi connectivity index (χ4n) is 4.28. The molecule has 0 aliphatic carbocycles. The van der Waals surface area contributed by atoms with Crippen LogP contribution in [0, 0.1) is 0 Å². The Morgan fingerprint density at radius 3 is 2.30 bits per heavy atom. The highest BCUT2D eigenvalue weighted by Gasteiger charge is 2.32. The maximum Gasteiger partial charge on any atom is 0.243 e. The lowest BCUT2D eigenvalue weighted by Gasteiger charge is -2.34. The van der Waals surface area contributed by atoms with Gasteiger partial charge in [0.15, 0.2) is 11.5 Å². The van der Waals surface area contributed by atoms with Crippen molar-refractivity contribution in [3.8, 4) is 11.5 Å². The topological polar surface area (TPSA) is 67.9 Å². The van der Waals surface area contributed by atoms with Gasteiger partial charge in [0, 0.05) is 29.9 Å². The zero-order valence-corrected chi connectivity index (χ0v) is 22.3. The fourth-order valence-corrected chi connectivity index (χ4v) is 4.41. The van der Waals surface area contributed by atoms with Crippen molar-refractivity contribution < 1.29 is 19.1 Å². The lowest BCUT2D eigenvalue weighted by Crippen LogP contribution is -2.54. The van der Waals surface area contributed by atoms with Crippen LogP contribution in [0.4, 0.5) is 0 Å². The number of benzene rings is 3. The summed E-state index contributed by atoms with van der Waals surface area (Å²) in [4.78, 5) is 29.1. The van der Waals surface area contributed by atoms with Gasteiger partial charge in [-0.05, 0) is 68.1 Å². The van der Waals surface area contributed by atoms with E-state index in [1.807, 2.05) is 81.4 Å². The number of aryl methyl sites for hydroxylation is 1. The molecule has 194 valence electrons. The summed E-state index contributed by atoms with van der Waals surface area (Å²) in [5.41, 5.74) is 2.43. The SMILES string of the molecule is CC(C)(C)NC(=O)C(Cc1ccccc1)N(Cc1ccc(Cl)cc1)C(=O)CCc1ccc2c(c1)OCO2. The van der Waals surface area contributed by atoms with E-state index in [1.54, 1.807) is 17.0 Å². The summed E-state index contributed by atoms with van der Waals surface area (Å²) in [5.74, 6) is 1.12. The van der Waals surface area contributed by atoms with Crippen molar-refractivity contribution in [2.24, 2.45) is 0 Å². The van der Waals surface area contributed by atoms with Gasteiger partial charge in [0.25, 0.3) is 0 Å². The van der Waals surface area contributed by atoms with Crippen molar-refractivity contribution in [3.05, 3.63) is 94.5 Å². The van der Waals surface area contributed by atoms with Crippen LogP contribution in [-0.4, -0.2) is 35.1 Å². The van der Waals surface area contributed by atoms with Crippen molar-refractivity contribution in [3.63, 3.8) is 0 Å². The standard InChI is InChI=1S/C30H33ClN2O4/c1-30(2,3)32-29(35)25(17-21-7-5-4-6-8-21)33(19-23-9-13-24(31)14-10-23)28(34)16-12-22-11-15-26-27(18-22)37-20-36-26/h4-11,13-15,18,25H,12,16-17,19-20H2,1-3H3,(H,32,35). The monoisotopic (exact) mass is 520 g/mol. The lowest BCUT2D eigenvalue weighted by atomic mass is 9.99. The van der Waals surface area contributed by atoms with Gasteiger partial charge in [-0.1, -0.05) is 60.1 Å². The molecule has 1 aliphatic heterocycles. The molecule has 1 unspecified atom stereocenters. The third-order valence-corrected chi connectivity index (χ3v) is 6.35. The van der Waals surface area contributed by atoms with Crippen LogP contribution >= 0.6 is 11.6 Å². The summed E-state index contributed by atoms with van der Waals surface area (Å²) in [6, 6.07) is 22.2. The number of hydrogen-bond donors (Lipinski definition) is 1. The zero-order chi connectivity index (χ0) is 26.4. The van der Waals surface area contributed by atoms with Crippen LogP contribution < -0.4 is 14.8 Å². The van der Waals surface area contributed by atoms with E-state index in [1.165, 1.54) is 0 Å². The van der Waals surface area contributed by atoms with Crippen molar-refractivity contribution in [2.45, 2.75) is 58.2 Å². The fraction of sp³-hybridized carbons (Fsp3) is 0.333. The molecule has 0 saturated heterocycles.